The highest BCUT2D eigenvalue weighted by atomic mass is 15.3. The number of nitrogens with one attached hydrogen (secondary N) is 1. The van der Waals surface area contributed by atoms with E-state index >= 15 is 0 Å². The summed E-state index contributed by atoms with van der Waals surface area (Å²) >= 11 is 0. The monoisotopic (exact) mass is 238 g/mol. The van der Waals surface area contributed by atoms with Crippen molar-refractivity contribution >= 4 is 0 Å². The van der Waals surface area contributed by atoms with E-state index in [1.54, 1.807) is 0 Å². The summed E-state index contributed by atoms with van der Waals surface area (Å²) in [5, 5.41) is 7.88. The summed E-state index contributed by atoms with van der Waals surface area (Å²) < 4.78 is 2.08. The van der Waals surface area contributed by atoms with Gasteiger partial charge in [-0.15, -0.1) is 0 Å². The molecule has 0 radical (unpaired) electrons. The highest BCUT2D eigenvalue weighted by Gasteiger charge is 2.07. The second-order valence-electron chi connectivity index (χ2n) is 5.13. The fraction of sp³-hybridized carbons (Fsp3) is 0.769. The summed E-state index contributed by atoms with van der Waals surface area (Å²) in [5.41, 5.74) is 2.59. The first-order valence-corrected chi connectivity index (χ1v) is 6.40. The van der Waals surface area contributed by atoms with Crippen LogP contribution in [0.1, 0.15) is 37.6 Å². The van der Waals surface area contributed by atoms with Crippen LogP contribution in [-0.4, -0.2) is 41.9 Å². The van der Waals surface area contributed by atoms with Crippen molar-refractivity contribution in [1.29, 1.82) is 0 Å². The highest BCUT2D eigenvalue weighted by molar-refractivity contribution is 5.16. The van der Waals surface area contributed by atoms with Gasteiger partial charge >= 0.3 is 0 Å². The molecule has 0 saturated heterocycles. The van der Waals surface area contributed by atoms with Crippen molar-refractivity contribution < 1.29 is 0 Å². The predicted molar refractivity (Wildman–Crippen MR) is 72.2 cm³/mol. The maximum Gasteiger partial charge on any atom is 0.0537 e. The van der Waals surface area contributed by atoms with Crippen molar-refractivity contribution in [2.24, 2.45) is 0 Å². The van der Waals surface area contributed by atoms with Gasteiger partial charge in [0.2, 0.25) is 0 Å². The van der Waals surface area contributed by atoms with Gasteiger partial charge in [0.05, 0.1) is 6.20 Å². The maximum absolute atomic E-state index is 4.41. The molecule has 0 spiro atoms. The van der Waals surface area contributed by atoms with Crippen LogP contribution in [0.2, 0.25) is 0 Å². The average molecular weight is 238 g/mol. The summed E-state index contributed by atoms with van der Waals surface area (Å²) in [5.74, 6) is 0. The topological polar surface area (TPSA) is 33.1 Å². The van der Waals surface area contributed by atoms with Gasteiger partial charge in [0.25, 0.3) is 0 Å². The highest BCUT2D eigenvalue weighted by Crippen LogP contribution is 2.12. The molecule has 1 N–H and O–H groups in total. The van der Waals surface area contributed by atoms with E-state index in [2.05, 4.69) is 54.9 Å². The molecule has 1 aromatic rings. The second kappa shape index (κ2) is 6.77. The first kappa shape index (κ1) is 14.2. The molecule has 1 rings (SSSR count). The third-order valence-corrected chi connectivity index (χ3v) is 2.91. The fourth-order valence-corrected chi connectivity index (χ4v) is 1.90. The minimum absolute atomic E-state index is 0.442. The van der Waals surface area contributed by atoms with Crippen LogP contribution in [0.15, 0.2) is 6.20 Å². The molecule has 4 nitrogen and oxygen atoms in total. The maximum atomic E-state index is 4.41. The Bertz CT molecular complexity index is 328. The Morgan fingerprint density at radius 3 is 2.65 bits per heavy atom. The molecule has 0 aromatic carbocycles. The zero-order valence-electron chi connectivity index (χ0n) is 11.8. The quantitative estimate of drug-likeness (QED) is 0.736. The van der Waals surface area contributed by atoms with Gasteiger partial charge in [0.15, 0.2) is 0 Å². The average Bonchev–Trinajstić information content (AvgIpc) is 2.59. The smallest absolute Gasteiger partial charge is 0.0537 e. The van der Waals surface area contributed by atoms with Gasteiger partial charge in [-0.25, -0.2) is 0 Å². The van der Waals surface area contributed by atoms with Gasteiger partial charge in [0.1, 0.15) is 0 Å². The van der Waals surface area contributed by atoms with Crippen LogP contribution in [0.4, 0.5) is 0 Å². The summed E-state index contributed by atoms with van der Waals surface area (Å²) in [6.45, 7) is 9.58. The molecule has 17 heavy (non-hydrogen) atoms. The lowest BCUT2D eigenvalue weighted by atomic mass is 10.2. The second-order valence-corrected chi connectivity index (χ2v) is 5.13. The Hall–Kier alpha value is -0.870. The summed E-state index contributed by atoms with van der Waals surface area (Å²) in [6, 6.07) is 0.442. The molecule has 0 aliphatic carbocycles. The molecule has 0 fully saturated rings. The molecular formula is C13H26N4. The van der Waals surface area contributed by atoms with Crippen molar-refractivity contribution in [3.63, 3.8) is 0 Å². The molecule has 1 heterocycles. The van der Waals surface area contributed by atoms with Crippen LogP contribution in [0, 0.1) is 6.92 Å². The van der Waals surface area contributed by atoms with Crippen LogP contribution >= 0.6 is 0 Å². The van der Waals surface area contributed by atoms with Crippen LogP contribution in [-0.2, 0) is 6.54 Å². The molecule has 0 unspecified atom stereocenters. The molecule has 1 aromatic heterocycles. The van der Waals surface area contributed by atoms with Crippen LogP contribution in [0.25, 0.3) is 0 Å². The molecule has 0 aliphatic rings. The molecule has 4 heteroatoms. The van der Waals surface area contributed by atoms with E-state index < -0.39 is 0 Å². The molecule has 0 bridgehead atoms. The minimum atomic E-state index is 0.442. The van der Waals surface area contributed by atoms with Crippen LogP contribution in [0.3, 0.4) is 0 Å². The zero-order chi connectivity index (χ0) is 12.8. The summed E-state index contributed by atoms with van der Waals surface area (Å²) in [6.07, 6.45) is 3.17. The van der Waals surface area contributed by atoms with Crippen molar-refractivity contribution in [3.8, 4) is 0 Å². The van der Waals surface area contributed by atoms with Crippen LogP contribution < -0.4 is 5.32 Å². The zero-order valence-corrected chi connectivity index (χ0v) is 11.8. The van der Waals surface area contributed by atoms with E-state index in [-0.39, 0.29) is 0 Å². The minimum Gasteiger partial charge on any atom is -0.312 e. The van der Waals surface area contributed by atoms with Gasteiger partial charge in [-0.2, -0.15) is 5.10 Å². The van der Waals surface area contributed by atoms with Gasteiger partial charge in [-0.05, 0) is 54.4 Å². The molecule has 0 atom stereocenters. The largest absolute Gasteiger partial charge is 0.312 e. The van der Waals surface area contributed by atoms with Gasteiger partial charge < -0.3 is 10.2 Å². The SMILES string of the molecule is Cc1c(CNCCCN(C)C)cnn1C(C)C. The molecule has 0 saturated carbocycles. The Labute approximate surface area is 105 Å². The van der Waals surface area contributed by atoms with Gasteiger partial charge in [-0.3, -0.25) is 4.68 Å². The molecule has 98 valence electrons. The summed E-state index contributed by atoms with van der Waals surface area (Å²) in [4.78, 5) is 2.21. The van der Waals surface area contributed by atoms with Crippen molar-refractivity contribution in [1.82, 2.24) is 20.0 Å². The first-order valence-electron chi connectivity index (χ1n) is 6.40. The number of aromatic nitrogens is 2. The van der Waals surface area contributed by atoms with E-state index in [0.717, 1.165) is 19.6 Å². The first-order chi connectivity index (χ1) is 8.02. The van der Waals surface area contributed by atoms with Gasteiger partial charge in [0, 0.05) is 23.8 Å². The number of nitrogens with zero attached hydrogens (tertiary/aromatic N) is 3. The lowest BCUT2D eigenvalue weighted by Crippen LogP contribution is -2.21. The third-order valence-electron chi connectivity index (χ3n) is 2.91. The predicted octanol–water partition coefficient (Wildman–Crippen LogP) is 1.81. The number of rotatable bonds is 7. The standard InChI is InChI=1S/C13H26N4/c1-11(2)17-12(3)13(10-15-17)9-14-7-6-8-16(4)5/h10-11,14H,6-9H2,1-5H3. The Morgan fingerprint density at radius 2 is 2.12 bits per heavy atom. The lowest BCUT2D eigenvalue weighted by Gasteiger charge is -2.10. The number of hydrogen-bond acceptors (Lipinski definition) is 3. The van der Waals surface area contributed by atoms with E-state index in [1.165, 1.54) is 17.7 Å². The Kier molecular flexibility index (Phi) is 5.65. The van der Waals surface area contributed by atoms with Gasteiger partial charge in [-0.1, -0.05) is 0 Å². The van der Waals surface area contributed by atoms with E-state index in [9.17, 15) is 0 Å². The Morgan fingerprint density at radius 1 is 1.41 bits per heavy atom. The van der Waals surface area contributed by atoms with Crippen molar-refractivity contribution in [3.05, 3.63) is 17.5 Å². The van der Waals surface area contributed by atoms with E-state index in [4.69, 9.17) is 0 Å². The molecule has 0 aliphatic heterocycles. The molecule has 0 amide bonds. The normalized spacial score (nSPS) is 11.7. The van der Waals surface area contributed by atoms with E-state index in [0.29, 0.717) is 6.04 Å². The van der Waals surface area contributed by atoms with Crippen molar-refractivity contribution in [2.75, 3.05) is 27.2 Å². The molecular weight excluding hydrogens is 212 g/mol. The third kappa shape index (κ3) is 4.48. The van der Waals surface area contributed by atoms with Crippen LogP contribution in [0.5, 0.6) is 0 Å². The lowest BCUT2D eigenvalue weighted by molar-refractivity contribution is 0.394. The van der Waals surface area contributed by atoms with Crippen molar-refractivity contribution in [2.45, 2.75) is 39.8 Å². The number of hydrogen-bond donors (Lipinski definition) is 1. The Balaban J connectivity index is 2.32. The van der Waals surface area contributed by atoms with E-state index in [1.807, 2.05) is 6.20 Å². The fourth-order valence-electron chi connectivity index (χ4n) is 1.90. The summed E-state index contributed by atoms with van der Waals surface area (Å²) in [7, 11) is 4.22.